The maximum atomic E-state index is 11.1. The molecule has 19 heavy (non-hydrogen) atoms. The van der Waals surface area contributed by atoms with Crippen molar-refractivity contribution in [1.29, 1.82) is 0 Å². The van der Waals surface area contributed by atoms with Crippen molar-refractivity contribution in [2.45, 2.75) is 6.04 Å². The maximum Gasteiger partial charge on any atom is 0.352 e. The molecule has 1 aromatic carbocycles. The van der Waals surface area contributed by atoms with Crippen LogP contribution in [0.15, 0.2) is 42.4 Å². The van der Waals surface area contributed by atoms with Crippen LogP contribution in [0.5, 0.6) is 0 Å². The largest absolute Gasteiger partial charge is 0.477 e. The smallest absolute Gasteiger partial charge is 0.352 e. The zero-order chi connectivity index (χ0) is 13.4. The van der Waals surface area contributed by atoms with E-state index in [1.165, 1.54) is 6.33 Å². The van der Waals surface area contributed by atoms with Crippen molar-refractivity contribution in [3.8, 4) is 0 Å². The van der Waals surface area contributed by atoms with Gasteiger partial charge >= 0.3 is 5.97 Å². The highest BCUT2D eigenvalue weighted by Crippen LogP contribution is 2.28. The second-order valence-electron chi connectivity index (χ2n) is 4.04. The third kappa shape index (κ3) is 2.06. The topological polar surface area (TPSA) is 80.0 Å². The van der Waals surface area contributed by atoms with Gasteiger partial charge in [-0.15, -0.1) is 0 Å². The quantitative estimate of drug-likeness (QED) is 0.876. The van der Waals surface area contributed by atoms with Crippen LogP contribution in [0.4, 0.5) is 5.95 Å². The summed E-state index contributed by atoms with van der Waals surface area (Å²) in [7, 11) is 0. The first-order valence-corrected chi connectivity index (χ1v) is 5.90. The van der Waals surface area contributed by atoms with Gasteiger partial charge in [-0.3, -0.25) is 0 Å². The van der Waals surface area contributed by atoms with E-state index in [2.05, 4.69) is 15.4 Å². The lowest BCUT2D eigenvalue weighted by molar-refractivity contribution is -0.132. The van der Waals surface area contributed by atoms with E-state index in [0.717, 1.165) is 5.56 Å². The van der Waals surface area contributed by atoms with Gasteiger partial charge in [0.15, 0.2) is 0 Å². The van der Waals surface area contributed by atoms with Gasteiger partial charge in [-0.1, -0.05) is 23.7 Å². The molecule has 0 spiro atoms. The van der Waals surface area contributed by atoms with E-state index in [-0.39, 0.29) is 11.7 Å². The molecule has 0 saturated carbocycles. The molecule has 96 valence electrons. The summed E-state index contributed by atoms with van der Waals surface area (Å²) < 4.78 is 1.62. The number of nitrogens with zero attached hydrogens (tertiary/aromatic N) is 3. The molecule has 0 radical (unpaired) electrons. The first kappa shape index (κ1) is 11.7. The number of carboxylic acid groups (broad SMARTS) is 1. The molecule has 3 rings (SSSR count). The Morgan fingerprint density at radius 1 is 1.37 bits per heavy atom. The zero-order valence-electron chi connectivity index (χ0n) is 9.62. The number of hydrogen-bond acceptors (Lipinski definition) is 4. The Hall–Kier alpha value is -2.34. The fraction of sp³-hybridized carbons (Fsp3) is 0.0833. The SMILES string of the molecule is O=C(O)C1=C[C@H](c2ccc(Cl)cc2)n2ncnc2N1. The van der Waals surface area contributed by atoms with Crippen molar-refractivity contribution in [3.05, 3.63) is 53.0 Å². The molecular formula is C12H9ClN4O2. The molecule has 6 nitrogen and oxygen atoms in total. The second kappa shape index (κ2) is 4.40. The number of aliphatic carboxylic acids is 1. The molecule has 0 amide bonds. The molecule has 1 aliphatic rings. The fourth-order valence-corrected chi connectivity index (χ4v) is 2.08. The number of carboxylic acids is 1. The summed E-state index contributed by atoms with van der Waals surface area (Å²) in [5, 5.41) is 16.5. The van der Waals surface area contributed by atoms with Crippen LogP contribution in [0.1, 0.15) is 11.6 Å². The Morgan fingerprint density at radius 2 is 2.11 bits per heavy atom. The van der Waals surface area contributed by atoms with Gasteiger partial charge in [-0.2, -0.15) is 10.1 Å². The third-order valence-corrected chi connectivity index (χ3v) is 3.10. The molecule has 0 bridgehead atoms. The number of allylic oxidation sites excluding steroid dienone is 1. The predicted molar refractivity (Wildman–Crippen MR) is 69.0 cm³/mol. The van der Waals surface area contributed by atoms with E-state index < -0.39 is 5.97 Å². The van der Waals surface area contributed by atoms with Crippen molar-refractivity contribution in [2.24, 2.45) is 0 Å². The van der Waals surface area contributed by atoms with E-state index in [1.54, 1.807) is 22.9 Å². The summed E-state index contributed by atoms with van der Waals surface area (Å²) in [5.74, 6) is -0.631. The molecule has 0 saturated heterocycles. The summed E-state index contributed by atoms with van der Waals surface area (Å²) in [6.07, 6.45) is 2.97. The molecule has 1 aromatic heterocycles. The lowest BCUT2D eigenvalue weighted by Gasteiger charge is -2.22. The number of carbonyl (C=O) groups is 1. The van der Waals surface area contributed by atoms with Crippen molar-refractivity contribution >= 4 is 23.5 Å². The number of aromatic nitrogens is 3. The third-order valence-electron chi connectivity index (χ3n) is 2.85. The summed E-state index contributed by atoms with van der Waals surface area (Å²) >= 11 is 5.85. The molecule has 0 aliphatic carbocycles. The number of halogens is 1. The Kier molecular flexibility index (Phi) is 2.72. The summed E-state index contributed by atoms with van der Waals surface area (Å²) in [5.41, 5.74) is 0.969. The van der Waals surface area contributed by atoms with E-state index >= 15 is 0 Å². The van der Waals surface area contributed by atoms with Crippen LogP contribution in [-0.2, 0) is 4.79 Å². The van der Waals surface area contributed by atoms with Gasteiger partial charge in [0.1, 0.15) is 18.1 Å². The molecule has 2 heterocycles. The standard InChI is InChI=1S/C12H9ClN4O2/c13-8-3-1-7(2-4-8)10-5-9(11(18)19)16-12-14-6-15-17(10)12/h1-6,10H,(H,18,19)(H,14,15,16)/t10-/m1/s1. The van der Waals surface area contributed by atoms with Gasteiger partial charge < -0.3 is 10.4 Å². The monoisotopic (exact) mass is 276 g/mol. The van der Waals surface area contributed by atoms with Crippen LogP contribution in [-0.4, -0.2) is 25.8 Å². The number of nitrogens with one attached hydrogen (secondary N) is 1. The molecular weight excluding hydrogens is 268 g/mol. The first-order chi connectivity index (χ1) is 9.15. The lowest BCUT2D eigenvalue weighted by atomic mass is 10.0. The van der Waals surface area contributed by atoms with Crippen LogP contribution >= 0.6 is 11.6 Å². The highest BCUT2D eigenvalue weighted by Gasteiger charge is 2.25. The summed E-state index contributed by atoms with van der Waals surface area (Å²) in [6.45, 7) is 0. The molecule has 2 aromatic rings. The fourth-order valence-electron chi connectivity index (χ4n) is 1.96. The van der Waals surface area contributed by atoms with Gasteiger partial charge in [-0.25, -0.2) is 9.48 Å². The number of anilines is 1. The number of fused-ring (bicyclic) bond motifs is 1. The van der Waals surface area contributed by atoms with E-state index in [0.29, 0.717) is 11.0 Å². The number of benzene rings is 1. The van der Waals surface area contributed by atoms with Crippen molar-refractivity contribution in [1.82, 2.24) is 14.8 Å². The van der Waals surface area contributed by atoms with Gasteiger partial charge in [0, 0.05) is 5.02 Å². The van der Waals surface area contributed by atoms with Gasteiger partial charge in [0.2, 0.25) is 5.95 Å². The highest BCUT2D eigenvalue weighted by molar-refractivity contribution is 6.30. The highest BCUT2D eigenvalue weighted by atomic mass is 35.5. The molecule has 0 fully saturated rings. The van der Waals surface area contributed by atoms with Crippen LogP contribution in [0.25, 0.3) is 0 Å². The number of rotatable bonds is 2. The summed E-state index contributed by atoms with van der Waals surface area (Å²) in [6, 6.07) is 6.86. The average Bonchev–Trinajstić information content (AvgIpc) is 2.86. The average molecular weight is 277 g/mol. The maximum absolute atomic E-state index is 11.1. The van der Waals surface area contributed by atoms with Crippen molar-refractivity contribution in [3.63, 3.8) is 0 Å². The molecule has 1 aliphatic heterocycles. The molecule has 1 atom stereocenters. The lowest BCUT2D eigenvalue weighted by Crippen LogP contribution is -2.24. The van der Waals surface area contributed by atoms with Crippen LogP contribution < -0.4 is 5.32 Å². The molecule has 0 unspecified atom stereocenters. The Morgan fingerprint density at radius 3 is 2.79 bits per heavy atom. The van der Waals surface area contributed by atoms with Crippen molar-refractivity contribution in [2.75, 3.05) is 5.32 Å². The van der Waals surface area contributed by atoms with Gasteiger partial charge in [0.25, 0.3) is 0 Å². The molecule has 2 N–H and O–H groups in total. The summed E-state index contributed by atoms with van der Waals surface area (Å²) in [4.78, 5) is 15.1. The zero-order valence-corrected chi connectivity index (χ0v) is 10.4. The molecule has 7 heteroatoms. The Labute approximate surface area is 113 Å². The minimum absolute atomic E-state index is 0.0838. The second-order valence-corrected chi connectivity index (χ2v) is 4.47. The van der Waals surface area contributed by atoms with Crippen LogP contribution in [0.3, 0.4) is 0 Å². The van der Waals surface area contributed by atoms with Gasteiger partial charge in [-0.05, 0) is 23.8 Å². The predicted octanol–water partition coefficient (Wildman–Crippen LogP) is 1.91. The normalized spacial score (nSPS) is 17.3. The first-order valence-electron chi connectivity index (χ1n) is 5.52. The van der Waals surface area contributed by atoms with E-state index in [9.17, 15) is 4.79 Å². The van der Waals surface area contributed by atoms with Crippen LogP contribution in [0.2, 0.25) is 5.02 Å². The minimum Gasteiger partial charge on any atom is -0.477 e. The Balaban J connectivity index is 2.09. The minimum atomic E-state index is -1.03. The van der Waals surface area contributed by atoms with Gasteiger partial charge in [0.05, 0.1) is 0 Å². The Bertz CT molecular complexity index is 663. The van der Waals surface area contributed by atoms with E-state index in [1.807, 2.05) is 12.1 Å². The number of hydrogen-bond donors (Lipinski definition) is 2. The van der Waals surface area contributed by atoms with Crippen molar-refractivity contribution < 1.29 is 9.90 Å². The van der Waals surface area contributed by atoms with Crippen LogP contribution in [0, 0.1) is 0 Å². The van der Waals surface area contributed by atoms with E-state index in [4.69, 9.17) is 16.7 Å².